The van der Waals surface area contributed by atoms with Crippen molar-refractivity contribution in [2.24, 2.45) is 11.8 Å². The van der Waals surface area contributed by atoms with Crippen molar-refractivity contribution in [1.29, 1.82) is 0 Å². The first kappa shape index (κ1) is 54.1. The van der Waals surface area contributed by atoms with E-state index in [-0.39, 0.29) is 51.7 Å². The first-order valence-electron chi connectivity index (χ1n) is 19.0. The minimum absolute atomic E-state index is 0.0219. The normalized spacial score (nSPS) is 14.4. The van der Waals surface area contributed by atoms with Crippen LogP contribution in [0.5, 0.6) is 0 Å². The van der Waals surface area contributed by atoms with Crippen LogP contribution in [0.1, 0.15) is 50.2 Å². The molecule has 0 fully saturated rings. The second-order valence-corrected chi connectivity index (χ2v) is 17.0. The van der Waals surface area contributed by atoms with Crippen LogP contribution in [-0.4, -0.2) is 186 Å². The Bertz CT molecular complexity index is 1730. The van der Waals surface area contributed by atoms with Crippen molar-refractivity contribution in [3.8, 4) is 0 Å². The van der Waals surface area contributed by atoms with Gasteiger partial charge in [-0.15, -0.1) is 0 Å². The van der Waals surface area contributed by atoms with E-state index in [1.807, 2.05) is 0 Å². The lowest BCUT2D eigenvalue weighted by atomic mass is 9.94. The Kier molecular flexibility index (Phi) is 24.1. The molecule has 0 aliphatic heterocycles. The zero-order valence-corrected chi connectivity index (χ0v) is 35.5. The number of hydrogen-bond acceptors (Lipinski definition) is 14. The van der Waals surface area contributed by atoms with Crippen LogP contribution in [0.3, 0.4) is 0 Å². The average molecular weight is 907 g/mol. The monoisotopic (exact) mass is 906 g/mol. The Morgan fingerprint density at radius 1 is 0.738 bits per heavy atom. The van der Waals surface area contributed by atoms with Gasteiger partial charge in [-0.25, -0.2) is 4.79 Å². The Morgan fingerprint density at radius 2 is 1.25 bits per heavy atom. The summed E-state index contributed by atoms with van der Waals surface area (Å²) in [5.74, 6) is -12.3. The highest BCUT2D eigenvalue weighted by atomic mass is 32.1. The van der Waals surface area contributed by atoms with Gasteiger partial charge in [0.25, 0.3) is 0 Å². The third kappa shape index (κ3) is 23.6. The second kappa shape index (κ2) is 27.1. The fraction of sp³-hybridized carbons (Fsp3) is 0.595. The molecule has 1 rings (SSSR count). The predicted molar refractivity (Wildman–Crippen MR) is 218 cm³/mol. The highest BCUT2D eigenvalue weighted by Crippen LogP contribution is 2.44. The van der Waals surface area contributed by atoms with E-state index in [2.05, 4.69) is 5.32 Å². The third-order valence-electron chi connectivity index (χ3n) is 9.24. The van der Waals surface area contributed by atoms with Gasteiger partial charge in [-0.2, -0.15) is 0 Å². The van der Waals surface area contributed by atoms with Gasteiger partial charge < -0.3 is 50.5 Å². The molecule has 0 bridgehead atoms. The van der Waals surface area contributed by atoms with Crippen LogP contribution in [0, 0.1) is 11.8 Å². The second-order valence-electron chi connectivity index (χ2n) is 14.5. The first-order chi connectivity index (χ1) is 28.4. The van der Waals surface area contributed by atoms with Gasteiger partial charge in [-0.1, -0.05) is 49.8 Å². The molecular weight excluding hydrogens is 851 g/mol. The van der Waals surface area contributed by atoms with E-state index in [1.165, 1.54) is 16.8 Å². The van der Waals surface area contributed by atoms with Crippen molar-refractivity contribution in [2.45, 2.75) is 64.0 Å². The Morgan fingerprint density at radius 3 is 1.74 bits per heavy atom. The maximum atomic E-state index is 12.6. The number of likely N-dealkylation sites (N-methyl/N-ethyl adjacent to an activating group) is 1. The van der Waals surface area contributed by atoms with E-state index >= 15 is 0 Å². The number of amides is 1. The Labute approximate surface area is 356 Å². The van der Waals surface area contributed by atoms with E-state index in [1.54, 1.807) is 31.2 Å². The number of rotatable bonds is 34. The van der Waals surface area contributed by atoms with Crippen molar-refractivity contribution < 1.29 is 88.1 Å². The van der Waals surface area contributed by atoms with Crippen molar-refractivity contribution in [1.82, 2.24) is 20.0 Å². The molecule has 0 heterocycles. The van der Waals surface area contributed by atoms with E-state index < -0.39 is 125 Å². The van der Waals surface area contributed by atoms with Gasteiger partial charge in [0.2, 0.25) is 5.91 Å². The summed E-state index contributed by atoms with van der Waals surface area (Å²) in [7, 11) is -3.02. The lowest BCUT2D eigenvalue weighted by Crippen LogP contribution is -2.49. The maximum absolute atomic E-state index is 12.6. The Balaban J connectivity index is 2.94. The van der Waals surface area contributed by atoms with Gasteiger partial charge in [-0.3, -0.25) is 52.8 Å². The average Bonchev–Trinajstić information content (AvgIpc) is 3.12. The fourth-order valence-corrected chi connectivity index (χ4v) is 7.92. The molecule has 0 aliphatic carbocycles. The maximum Gasteiger partial charge on any atom is 0.329 e. The van der Waals surface area contributed by atoms with E-state index in [0.717, 1.165) is 4.90 Å². The van der Waals surface area contributed by atoms with Gasteiger partial charge in [0.15, 0.2) is 6.04 Å². The fourth-order valence-electron chi connectivity index (χ4n) is 6.17. The number of aliphatic carboxylic acids is 7. The van der Waals surface area contributed by atoms with Crippen LogP contribution in [-0.2, 0) is 60.3 Å². The number of nitrogens with one attached hydrogen (secondary N) is 1. The number of hydrogen-bond donors (Lipinski definition) is 9. The highest BCUT2D eigenvalue weighted by molar-refractivity contribution is 7.80. The van der Waals surface area contributed by atoms with Crippen molar-refractivity contribution in [2.75, 3.05) is 65.6 Å². The van der Waals surface area contributed by atoms with Crippen LogP contribution in [0.25, 0.3) is 0 Å². The summed E-state index contributed by atoms with van der Waals surface area (Å²) < 4.78 is 17.3. The smallest absolute Gasteiger partial charge is 0.329 e. The van der Waals surface area contributed by atoms with Crippen molar-refractivity contribution in [3.63, 3.8) is 0 Å². The number of carboxylic acids is 7. The Hall–Kier alpha value is -4.90. The zero-order valence-electron chi connectivity index (χ0n) is 33.8. The number of carbonyl (C=O) groups excluding carboxylic acids is 1. The van der Waals surface area contributed by atoms with Crippen LogP contribution >= 0.6 is 19.8 Å². The van der Waals surface area contributed by atoms with Crippen LogP contribution in [0.15, 0.2) is 24.3 Å². The standard InChI is InChI=1S/C37H55N4O18PS/c1-3-4-26(36(53)54)22-60(57,58)59-21-29(37(55)56)38-30(42)10-9-25(35(51)52)15-28(61)14-24-7-5-23(6-8-24)13-27(39(2)17-31(43)44)16-40(18-32(45)46)11-12-41(19-33(47)48)20-34(49)50/h5-8,25-27,29H,3-4,9-22H2,1-2H3,(H,38,42)(H,43,44)(H,45,46)(H,47,48)(H,49,50)(H,51,52)(H,53,54)(H,55,56)(H,57,58)/t25?,26?,27?,29-/m0/s1. The van der Waals surface area contributed by atoms with Gasteiger partial charge in [0.05, 0.1) is 50.8 Å². The number of carbonyl (C=O) groups is 8. The summed E-state index contributed by atoms with van der Waals surface area (Å²) in [5.41, 5.74) is 1.40. The zero-order chi connectivity index (χ0) is 46.4. The quantitative estimate of drug-likeness (QED) is 0.0336. The molecule has 1 amide bonds. The van der Waals surface area contributed by atoms with Crippen molar-refractivity contribution in [3.05, 3.63) is 35.4 Å². The largest absolute Gasteiger partial charge is 0.481 e. The van der Waals surface area contributed by atoms with E-state index in [0.29, 0.717) is 22.4 Å². The molecule has 0 radical (unpaired) electrons. The molecule has 61 heavy (non-hydrogen) atoms. The molecule has 1 aromatic rings. The third-order valence-corrected chi connectivity index (χ3v) is 11.0. The molecule has 0 saturated carbocycles. The summed E-state index contributed by atoms with van der Waals surface area (Å²) in [6, 6.07) is 4.53. The summed E-state index contributed by atoms with van der Waals surface area (Å²) in [6.07, 6.45) is -0.702. The lowest BCUT2D eigenvalue weighted by Gasteiger charge is -2.33. The molecule has 342 valence electrons. The van der Waals surface area contributed by atoms with Crippen LogP contribution in [0.2, 0.25) is 0 Å². The van der Waals surface area contributed by atoms with Crippen molar-refractivity contribution >= 4 is 72.4 Å². The molecule has 0 aromatic heterocycles. The number of benzene rings is 1. The van der Waals surface area contributed by atoms with Gasteiger partial charge in [-0.05, 0) is 48.7 Å². The molecule has 22 nitrogen and oxygen atoms in total. The van der Waals surface area contributed by atoms with Gasteiger partial charge in [0, 0.05) is 38.5 Å². The summed E-state index contributed by atoms with van der Waals surface area (Å²) >= 11 is 5.47. The number of carboxylic acid groups (broad SMARTS) is 7. The van der Waals surface area contributed by atoms with Crippen LogP contribution < -0.4 is 5.32 Å². The summed E-state index contributed by atoms with van der Waals surface area (Å²) in [5, 5.41) is 68.0. The molecule has 4 unspecified atom stereocenters. The summed E-state index contributed by atoms with van der Waals surface area (Å²) in [6.45, 7) is -1.46. The molecule has 9 N–H and O–H groups in total. The topological polar surface area (TPSA) is 346 Å². The highest BCUT2D eigenvalue weighted by Gasteiger charge is 2.32. The first-order valence-corrected chi connectivity index (χ1v) is 21.1. The van der Waals surface area contributed by atoms with Crippen LogP contribution in [0.4, 0.5) is 0 Å². The molecule has 5 atom stereocenters. The SMILES string of the molecule is CCCC(CP(=O)(O)OC[C@H](NC(=O)CCC(CC(=S)Cc1ccc(CC(CN(CCN(CC(=O)O)CC(=O)O)CC(=O)O)N(C)CC(=O)O)cc1)C(=O)O)C(=O)O)C(=O)O. The van der Waals surface area contributed by atoms with E-state index in [9.17, 15) is 73.3 Å². The lowest BCUT2D eigenvalue weighted by molar-refractivity contribution is -0.144. The van der Waals surface area contributed by atoms with E-state index in [4.69, 9.17) is 27.0 Å². The number of thiocarbonyl (C=S) groups is 1. The summed E-state index contributed by atoms with van der Waals surface area (Å²) in [4.78, 5) is 108. The molecule has 24 heteroatoms. The predicted octanol–water partition coefficient (Wildman–Crippen LogP) is 0.528. The number of nitrogens with zero attached hydrogens (tertiary/aromatic N) is 3. The van der Waals surface area contributed by atoms with Gasteiger partial charge >= 0.3 is 49.4 Å². The minimum atomic E-state index is -4.56. The molecule has 1 aromatic carbocycles. The molecular formula is C37H55N4O18PS. The molecule has 0 spiro atoms. The minimum Gasteiger partial charge on any atom is -0.481 e. The molecule has 0 saturated heterocycles. The molecule has 0 aliphatic rings. The van der Waals surface area contributed by atoms with Gasteiger partial charge in [0.1, 0.15) is 0 Å².